The molecule has 1 atom stereocenters. The van der Waals surface area contributed by atoms with Gasteiger partial charge in [-0.15, -0.1) is 0 Å². The van der Waals surface area contributed by atoms with Crippen LogP contribution in [0.1, 0.15) is 48.1 Å². The molecule has 0 saturated carbocycles. The minimum atomic E-state index is -3.42. The number of carbonyl (C=O) groups excluding carboxylic acids is 1. The van der Waals surface area contributed by atoms with Gasteiger partial charge in [-0.3, -0.25) is 9.10 Å². The second kappa shape index (κ2) is 9.24. The first-order valence-electron chi connectivity index (χ1n) is 9.49. The highest BCUT2D eigenvalue weighted by Crippen LogP contribution is 2.22. The van der Waals surface area contributed by atoms with Crippen LogP contribution in [-0.2, 0) is 14.8 Å². The SMILES string of the molecule is Cc1cc(C)cc(N(CCCC(=O)NC(C)c2ccccc2C)S(C)(=O)=O)c1. The first-order valence-corrected chi connectivity index (χ1v) is 11.3. The zero-order valence-electron chi connectivity index (χ0n) is 17.3. The summed E-state index contributed by atoms with van der Waals surface area (Å²) in [5.74, 6) is -0.0790. The number of aryl methyl sites for hydroxylation is 3. The fourth-order valence-corrected chi connectivity index (χ4v) is 4.38. The average Bonchev–Trinajstić information content (AvgIpc) is 2.57. The minimum Gasteiger partial charge on any atom is -0.350 e. The third-order valence-electron chi connectivity index (χ3n) is 4.69. The van der Waals surface area contributed by atoms with Gasteiger partial charge in [0, 0.05) is 13.0 Å². The maximum Gasteiger partial charge on any atom is 0.232 e. The number of benzene rings is 2. The van der Waals surface area contributed by atoms with Gasteiger partial charge in [0.1, 0.15) is 0 Å². The van der Waals surface area contributed by atoms with Crippen molar-refractivity contribution in [2.75, 3.05) is 17.1 Å². The Morgan fingerprint density at radius 3 is 2.25 bits per heavy atom. The zero-order valence-corrected chi connectivity index (χ0v) is 18.1. The molecular formula is C22H30N2O3S. The molecule has 0 fully saturated rings. The van der Waals surface area contributed by atoms with Crippen molar-refractivity contribution in [2.24, 2.45) is 0 Å². The van der Waals surface area contributed by atoms with Crippen LogP contribution in [0.4, 0.5) is 5.69 Å². The second-order valence-corrected chi connectivity index (χ2v) is 9.34. The lowest BCUT2D eigenvalue weighted by molar-refractivity contribution is -0.121. The number of hydrogen-bond acceptors (Lipinski definition) is 3. The van der Waals surface area contributed by atoms with Crippen LogP contribution >= 0.6 is 0 Å². The van der Waals surface area contributed by atoms with Crippen molar-refractivity contribution >= 4 is 21.6 Å². The van der Waals surface area contributed by atoms with Gasteiger partial charge in [0.2, 0.25) is 15.9 Å². The molecule has 6 heteroatoms. The quantitative estimate of drug-likeness (QED) is 0.725. The third kappa shape index (κ3) is 6.09. The molecule has 0 bridgehead atoms. The van der Waals surface area contributed by atoms with Gasteiger partial charge in [-0.25, -0.2) is 8.42 Å². The topological polar surface area (TPSA) is 66.5 Å². The van der Waals surface area contributed by atoms with Gasteiger partial charge in [-0.1, -0.05) is 30.3 Å². The molecule has 1 unspecified atom stereocenters. The van der Waals surface area contributed by atoms with Gasteiger partial charge in [0.05, 0.1) is 18.0 Å². The maximum absolute atomic E-state index is 12.3. The molecule has 0 spiro atoms. The molecule has 0 aromatic heterocycles. The molecule has 0 aliphatic rings. The fraction of sp³-hybridized carbons (Fsp3) is 0.409. The minimum absolute atomic E-state index is 0.0790. The van der Waals surface area contributed by atoms with Crippen molar-refractivity contribution in [3.8, 4) is 0 Å². The molecule has 1 N–H and O–H groups in total. The Balaban J connectivity index is 1.98. The van der Waals surface area contributed by atoms with E-state index < -0.39 is 10.0 Å². The van der Waals surface area contributed by atoms with Crippen LogP contribution in [0.15, 0.2) is 42.5 Å². The summed E-state index contributed by atoms with van der Waals surface area (Å²) in [5, 5.41) is 3.00. The van der Waals surface area contributed by atoms with Crippen LogP contribution in [0, 0.1) is 20.8 Å². The molecule has 2 aromatic rings. The van der Waals surface area contributed by atoms with Crippen molar-refractivity contribution in [1.82, 2.24) is 5.32 Å². The van der Waals surface area contributed by atoms with Crippen LogP contribution in [0.2, 0.25) is 0 Å². The van der Waals surface area contributed by atoms with Crippen molar-refractivity contribution < 1.29 is 13.2 Å². The van der Waals surface area contributed by atoms with Crippen molar-refractivity contribution in [1.29, 1.82) is 0 Å². The standard InChI is InChI=1S/C22H30N2O3S/c1-16-13-17(2)15-20(14-16)24(28(5,26)27)12-8-11-22(25)23-19(4)21-10-7-6-9-18(21)3/h6-7,9-10,13-15,19H,8,11-12H2,1-5H3,(H,23,25). The predicted molar refractivity (Wildman–Crippen MR) is 115 cm³/mol. The van der Waals surface area contributed by atoms with E-state index >= 15 is 0 Å². The summed E-state index contributed by atoms with van der Waals surface area (Å²) in [5.41, 5.74) is 4.88. The molecule has 2 rings (SSSR count). The Hall–Kier alpha value is -2.34. The number of nitrogens with one attached hydrogen (secondary N) is 1. The van der Waals surface area contributed by atoms with Crippen LogP contribution < -0.4 is 9.62 Å². The van der Waals surface area contributed by atoms with Crippen molar-refractivity contribution in [3.05, 3.63) is 64.7 Å². The van der Waals surface area contributed by atoms with Gasteiger partial charge in [0.25, 0.3) is 0 Å². The molecule has 2 aromatic carbocycles. The molecule has 0 saturated heterocycles. The van der Waals surface area contributed by atoms with Crippen molar-refractivity contribution in [3.63, 3.8) is 0 Å². The maximum atomic E-state index is 12.3. The molecule has 5 nitrogen and oxygen atoms in total. The zero-order chi connectivity index (χ0) is 20.9. The predicted octanol–water partition coefficient (Wildman–Crippen LogP) is 4.04. The molecule has 0 heterocycles. The van der Waals surface area contributed by atoms with Gasteiger partial charge in [0.15, 0.2) is 0 Å². The van der Waals surface area contributed by atoms with E-state index in [0.717, 1.165) is 22.3 Å². The number of amides is 1. The van der Waals surface area contributed by atoms with Crippen LogP contribution in [0.5, 0.6) is 0 Å². The van der Waals surface area contributed by atoms with Crippen molar-refractivity contribution in [2.45, 2.75) is 46.6 Å². The number of sulfonamides is 1. The molecule has 28 heavy (non-hydrogen) atoms. The van der Waals surface area contributed by atoms with Crippen LogP contribution in [0.3, 0.4) is 0 Å². The Morgan fingerprint density at radius 2 is 1.68 bits per heavy atom. The van der Waals surface area contributed by atoms with E-state index in [1.54, 1.807) is 0 Å². The molecule has 0 radical (unpaired) electrons. The first-order chi connectivity index (χ1) is 13.1. The Morgan fingerprint density at radius 1 is 1.07 bits per heavy atom. The second-order valence-electron chi connectivity index (χ2n) is 7.43. The monoisotopic (exact) mass is 402 g/mol. The van der Waals surface area contributed by atoms with E-state index in [2.05, 4.69) is 5.32 Å². The van der Waals surface area contributed by atoms with E-state index in [-0.39, 0.29) is 24.9 Å². The van der Waals surface area contributed by atoms with Gasteiger partial charge < -0.3 is 5.32 Å². The molecule has 0 aliphatic heterocycles. The summed E-state index contributed by atoms with van der Waals surface area (Å²) in [6, 6.07) is 13.6. The number of hydrogen-bond donors (Lipinski definition) is 1. The third-order valence-corrected chi connectivity index (χ3v) is 5.89. The largest absolute Gasteiger partial charge is 0.350 e. The molecular weight excluding hydrogens is 372 g/mol. The van der Waals surface area contributed by atoms with E-state index in [0.29, 0.717) is 12.1 Å². The number of nitrogens with zero attached hydrogens (tertiary/aromatic N) is 1. The summed E-state index contributed by atoms with van der Waals surface area (Å²) < 4.78 is 25.9. The molecule has 152 valence electrons. The summed E-state index contributed by atoms with van der Waals surface area (Å²) in [7, 11) is -3.42. The van der Waals surface area contributed by atoms with Gasteiger partial charge >= 0.3 is 0 Å². The Bertz CT molecular complexity index is 918. The number of carbonyl (C=O) groups is 1. The summed E-state index contributed by atoms with van der Waals surface area (Å²) in [6.45, 7) is 8.13. The highest BCUT2D eigenvalue weighted by atomic mass is 32.2. The number of rotatable bonds is 8. The van der Waals surface area contributed by atoms with E-state index in [4.69, 9.17) is 0 Å². The van der Waals surface area contributed by atoms with Gasteiger partial charge in [-0.2, -0.15) is 0 Å². The van der Waals surface area contributed by atoms with E-state index in [1.807, 2.05) is 70.2 Å². The fourth-order valence-electron chi connectivity index (χ4n) is 3.43. The lowest BCUT2D eigenvalue weighted by atomic mass is 10.0. The summed E-state index contributed by atoms with van der Waals surface area (Å²) >= 11 is 0. The highest BCUT2D eigenvalue weighted by Gasteiger charge is 2.19. The van der Waals surface area contributed by atoms with Crippen LogP contribution in [-0.4, -0.2) is 27.1 Å². The molecule has 1 amide bonds. The molecule has 0 aliphatic carbocycles. The highest BCUT2D eigenvalue weighted by molar-refractivity contribution is 7.92. The first kappa shape index (κ1) is 22.0. The van der Waals surface area contributed by atoms with E-state index in [9.17, 15) is 13.2 Å². The lowest BCUT2D eigenvalue weighted by Gasteiger charge is -2.23. The van der Waals surface area contributed by atoms with Gasteiger partial charge in [-0.05, 0) is 68.5 Å². The van der Waals surface area contributed by atoms with Crippen LogP contribution in [0.25, 0.3) is 0 Å². The normalized spacial score (nSPS) is 12.5. The summed E-state index contributed by atoms with van der Waals surface area (Å²) in [6.07, 6.45) is 1.92. The Kier molecular flexibility index (Phi) is 7.24. The van der Waals surface area contributed by atoms with E-state index in [1.165, 1.54) is 10.6 Å². The average molecular weight is 403 g/mol. The lowest BCUT2D eigenvalue weighted by Crippen LogP contribution is -2.32. The number of anilines is 1. The summed E-state index contributed by atoms with van der Waals surface area (Å²) in [4.78, 5) is 12.3. The Labute approximate surface area is 168 Å². The smallest absolute Gasteiger partial charge is 0.232 e.